The van der Waals surface area contributed by atoms with Crippen LogP contribution in [0.5, 0.6) is 0 Å². The predicted octanol–water partition coefficient (Wildman–Crippen LogP) is 2.30. The molecule has 0 radical (unpaired) electrons. The van der Waals surface area contributed by atoms with Crippen molar-refractivity contribution in [2.24, 2.45) is 7.05 Å². The highest BCUT2D eigenvalue weighted by Crippen LogP contribution is 2.29. The Morgan fingerprint density at radius 1 is 1.33 bits per heavy atom. The van der Waals surface area contributed by atoms with Crippen LogP contribution in [-0.2, 0) is 12.8 Å². The predicted molar refractivity (Wildman–Crippen MR) is 74.6 cm³/mol. The molecule has 2 N–H and O–H groups in total. The summed E-state index contributed by atoms with van der Waals surface area (Å²) in [6, 6.07) is 8.21. The molecule has 0 aliphatic carbocycles. The molecule has 0 atom stereocenters. The summed E-state index contributed by atoms with van der Waals surface area (Å²) >= 11 is 3.01. The third kappa shape index (κ3) is 2.06. The van der Waals surface area contributed by atoms with E-state index in [1.165, 1.54) is 16.7 Å². The monoisotopic (exact) mass is 277 g/mol. The van der Waals surface area contributed by atoms with Crippen LogP contribution >= 0.6 is 23.1 Å². The number of hydrogen-bond acceptors (Lipinski definition) is 6. The highest BCUT2D eigenvalue weighted by atomic mass is 32.2. The first-order chi connectivity index (χ1) is 8.74. The van der Waals surface area contributed by atoms with E-state index in [-0.39, 0.29) is 0 Å². The zero-order valence-corrected chi connectivity index (χ0v) is 11.3. The molecule has 3 rings (SSSR count). The summed E-state index contributed by atoms with van der Waals surface area (Å²) in [7, 11) is 1.96. The van der Waals surface area contributed by atoms with E-state index in [0.29, 0.717) is 5.13 Å². The molecule has 0 aliphatic rings. The van der Waals surface area contributed by atoms with Gasteiger partial charge in [0.1, 0.15) is 0 Å². The lowest BCUT2D eigenvalue weighted by molar-refractivity contribution is 0.781. The SMILES string of the molecule is Cn1nc(CSc2nnc(N)s2)c2ccccc21. The highest BCUT2D eigenvalue weighted by molar-refractivity contribution is 8.00. The molecule has 7 heteroatoms. The molecule has 0 unspecified atom stereocenters. The fraction of sp³-hybridized carbons (Fsp3) is 0.182. The first-order valence-electron chi connectivity index (χ1n) is 5.36. The van der Waals surface area contributed by atoms with E-state index in [1.54, 1.807) is 11.8 Å². The van der Waals surface area contributed by atoms with Crippen molar-refractivity contribution in [3.05, 3.63) is 30.0 Å². The lowest BCUT2D eigenvalue weighted by Crippen LogP contribution is -1.90. The molecule has 1 aromatic carbocycles. The Hall–Kier alpha value is -1.60. The Morgan fingerprint density at radius 3 is 2.94 bits per heavy atom. The molecule has 0 spiro atoms. The standard InChI is InChI=1S/C11H11N5S2/c1-16-9-5-3-2-4-7(9)8(15-16)6-17-11-14-13-10(12)18-11/h2-5H,6H2,1H3,(H2,12,13). The van der Waals surface area contributed by atoms with Gasteiger partial charge < -0.3 is 5.73 Å². The van der Waals surface area contributed by atoms with Crippen molar-refractivity contribution in [2.45, 2.75) is 10.1 Å². The maximum atomic E-state index is 5.55. The second-order valence-corrected chi connectivity index (χ2v) is 6.01. The number of nitrogens with zero attached hydrogens (tertiary/aromatic N) is 4. The number of anilines is 1. The molecule has 0 aliphatic heterocycles. The molecule has 0 saturated carbocycles. The Balaban J connectivity index is 1.86. The maximum Gasteiger partial charge on any atom is 0.203 e. The van der Waals surface area contributed by atoms with Gasteiger partial charge in [-0.1, -0.05) is 41.3 Å². The molecule has 92 valence electrons. The number of rotatable bonds is 3. The fourth-order valence-electron chi connectivity index (χ4n) is 1.80. The molecule has 0 amide bonds. The summed E-state index contributed by atoms with van der Waals surface area (Å²) in [6.45, 7) is 0. The zero-order valence-electron chi connectivity index (χ0n) is 9.70. The average Bonchev–Trinajstić information content (AvgIpc) is 2.92. The van der Waals surface area contributed by atoms with Crippen LogP contribution in [0.4, 0.5) is 5.13 Å². The largest absolute Gasteiger partial charge is 0.374 e. The number of nitrogens with two attached hydrogens (primary N) is 1. The number of hydrogen-bond donors (Lipinski definition) is 1. The van der Waals surface area contributed by atoms with Gasteiger partial charge in [-0.3, -0.25) is 4.68 Å². The van der Waals surface area contributed by atoms with Gasteiger partial charge in [-0.25, -0.2) is 0 Å². The van der Waals surface area contributed by atoms with E-state index in [9.17, 15) is 0 Å². The van der Waals surface area contributed by atoms with Crippen molar-refractivity contribution in [3.63, 3.8) is 0 Å². The molecular weight excluding hydrogens is 266 g/mol. The quantitative estimate of drug-likeness (QED) is 0.744. The van der Waals surface area contributed by atoms with Crippen LogP contribution in [0.3, 0.4) is 0 Å². The van der Waals surface area contributed by atoms with Gasteiger partial charge in [0.25, 0.3) is 0 Å². The normalized spacial score (nSPS) is 11.2. The average molecular weight is 277 g/mol. The Labute approximate surface area is 112 Å². The van der Waals surface area contributed by atoms with Gasteiger partial charge >= 0.3 is 0 Å². The second-order valence-electron chi connectivity index (χ2n) is 3.78. The molecule has 2 heterocycles. The Morgan fingerprint density at radius 2 is 2.17 bits per heavy atom. The molecule has 0 bridgehead atoms. The topological polar surface area (TPSA) is 69.6 Å². The summed E-state index contributed by atoms with van der Waals surface area (Å²) in [6.07, 6.45) is 0. The number of benzene rings is 1. The van der Waals surface area contributed by atoms with Crippen molar-refractivity contribution in [1.29, 1.82) is 0 Å². The van der Waals surface area contributed by atoms with E-state index in [0.717, 1.165) is 21.3 Å². The summed E-state index contributed by atoms with van der Waals surface area (Å²) in [5.41, 5.74) is 7.76. The molecule has 2 aromatic heterocycles. The van der Waals surface area contributed by atoms with Crippen LogP contribution in [0.15, 0.2) is 28.6 Å². The van der Waals surface area contributed by atoms with Crippen LogP contribution in [0.25, 0.3) is 10.9 Å². The van der Waals surface area contributed by atoms with Crippen LogP contribution in [0.2, 0.25) is 0 Å². The van der Waals surface area contributed by atoms with Gasteiger partial charge in [0.05, 0.1) is 11.2 Å². The van der Waals surface area contributed by atoms with Crippen molar-refractivity contribution >= 4 is 39.1 Å². The fourth-order valence-corrected chi connectivity index (χ4v) is 3.39. The third-order valence-electron chi connectivity index (χ3n) is 2.59. The minimum atomic E-state index is 0.503. The number of para-hydroxylation sites is 1. The molecular formula is C11H11N5S2. The molecule has 0 fully saturated rings. The third-order valence-corrected chi connectivity index (χ3v) is 4.49. The second kappa shape index (κ2) is 4.58. The van der Waals surface area contributed by atoms with E-state index in [4.69, 9.17) is 5.73 Å². The van der Waals surface area contributed by atoms with Crippen molar-refractivity contribution < 1.29 is 0 Å². The molecule has 18 heavy (non-hydrogen) atoms. The Bertz CT molecular complexity index is 688. The van der Waals surface area contributed by atoms with Crippen LogP contribution < -0.4 is 5.73 Å². The van der Waals surface area contributed by atoms with Crippen molar-refractivity contribution in [1.82, 2.24) is 20.0 Å². The van der Waals surface area contributed by atoms with E-state index in [2.05, 4.69) is 27.4 Å². The first-order valence-corrected chi connectivity index (χ1v) is 7.16. The minimum absolute atomic E-state index is 0.503. The minimum Gasteiger partial charge on any atom is -0.374 e. The smallest absolute Gasteiger partial charge is 0.203 e. The summed E-state index contributed by atoms with van der Waals surface area (Å²) in [5, 5.41) is 14.0. The number of thioether (sulfide) groups is 1. The van der Waals surface area contributed by atoms with E-state index < -0.39 is 0 Å². The number of aryl methyl sites for hydroxylation is 1. The Kier molecular flexibility index (Phi) is 2.92. The number of fused-ring (bicyclic) bond motifs is 1. The summed E-state index contributed by atoms with van der Waals surface area (Å²) < 4.78 is 2.78. The first kappa shape index (κ1) is 11.5. The van der Waals surface area contributed by atoms with Crippen LogP contribution in [0.1, 0.15) is 5.69 Å². The van der Waals surface area contributed by atoms with E-state index in [1.807, 2.05) is 23.9 Å². The zero-order chi connectivity index (χ0) is 12.5. The van der Waals surface area contributed by atoms with Crippen molar-refractivity contribution in [2.75, 3.05) is 5.73 Å². The molecule has 5 nitrogen and oxygen atoms in total. The van der Waals surface area contributed by atoms with Crippen LogP contribution in [0, 0.1) is 0 Å². The van der Waals surface area contributed by atoms with E-state index >= 15 is 0 Å². The molecule has 0 saturated heterocycles. The van der Waals surface area contributed by atoms with Gasteiger partial charge in [0, 0.05) is 18.2 Å². The van der Waals surface area contributed by atoms with Gasteiger partial charge in [-0.15, -0.1) is 10.2 Å². The summed E-state index contributed by atoms with van der Waals surface area (Å²) in [4.78, 5) is 0. The molecule has 3 aromatic rings. The lowest BCUT2D eigenvalue weighted by Gasteiger charge is -1.94. The number of nitrogen functional groups attached to an aromatic ring is 1. The van der Waals surface area contributed by atoms with Gasteiger partial charge in [0.2, 0.25) is 5.13 Å². The highest BCUT2D eigenvalue weighted by Gasteiger charge is 2.09. The number of aromatic nitrogens is 4. The van der Waals surface area contributed by atoms with Gasteiger partial charge in [-0.2, -0.15) is 5.10 Å². The van der Waals surface area contributed by atoms with Gasteiger partial charge in [0.15, 0.2) is 4.34 Å². The van der Waals surface area contributed by atoms with Crippen molar-refractivity contribution in [3.8, 4) is 0 Å². The summed E-state index contributed by atoms with van der Waals surface area (Å²) in [5.74, 6) is 0.774. The van der Waals surface area contributed by atoms with Gasteiger partial charge in [-0.05, 0) is 6.07 Å². The van der Waals surface area contributed by atoms with Crippen LogP contribution in [-0.4, -0.2) is 20.0 Å². The maximum absolute atomic E-state index is 5.55. The lowest BCUT2D eigenvalue weighted by atomic mass is 10.2.